The Morgan fingerprint density at radius 1 is 1.33 bits per heavy atom. The van der Waals surface area contributed by atoms with Crippen LogP contribution in [0, 0.1) is 5.82 Å². The van der Waals surface area contributed by atoms with Crippen molar-refractivity contribution in [3.05, 3.63) is 34.6 Å². The molecule has 0 bridgehead atoms. The van der Waals surface area contributed by atoms with Crippen LogP contribution in [0.5, 0.6) is 0 Å². The van der Waals surface area contributed by atoms with E-state index in [1.165, 1.54) is 18.2 Å². The number of rotatable bonds is 8. The van der Waals surface area contributed by atoms with Crippen LogP contribution in [-0.4, -0.2) is 38.7 Å². The van der Waals surface area contributed by atoms with Crippen molar-refractivity contribution < 1.29 is 26.7 Å². The second kappa shape index (κ2) is 7.91. The highest BCUT2D eigenvalue weighted by Crippen LogP contribution is 2.23. The largest absolute Gasteiger partial charge is 0.373 e. The summed E-state index contributed by atoms with van der Waals surface area (Å²) in [5.41, 5.74) is 0.671. The van der Waals surface area contributed by atoms with Crippen molar-refractivity contribution in [2.24, 2.45) is 0 Å². The molecule has 1 aromatic carbocycles. The first kappa shape index (κ1) is 18.1. The van der Waals surface area contributed by atoms with Gasteiger partial charge in [-0.15, -0.1) is 0 Å². The van der Waals surface area contributed by atoms with Gasteiger partial charge in [0, 0.05) is 6.04 Å². The number of nitrogens with one attached hydrogen (secondary N) is 1. The van der Waals surface area contributed by atoms with Gasteiger partial charge >= 0.3 is 12.3 Å². The quantitative estimate of drug-likeness (QED) is 0.736. The molecule has 0 saturated heterocycles. The summed E-state index contributed by atoms with van der Waals surface area (Å²) in [6.45, 7) is -1.54. The predicted octanol–water partition coefficient (Wildman–Crippen LogP) is 3.53. The van der Waals surface area contributed by atoms with Gasteiger partial charge in [-0.3, -0.25) is 0 Å². The van der Waals surface area contributed by atoms with E-state index in [1.54, 1.807) is 7.05 Å². The number of halogens is 6. The van der Waals surface area contributed by atoms with Crippen molar-refractivity contribution in [2.75, 3.05) is 20.3 Å². The maximum absolute atomic E-state index is 13.0. The zero-order chi connectivity index (χ0) is 16.0. The SMILES string of the molecule is CNC(COCC(F)(F)C(F)F)Cc1ccc(F)c(Cl)c1. The number of alkyl halides is 4. The Labute approximate surface area is 124 Å². The molecule has 1 unspecified atom stereocenters. The predicted molar refractivity (Wildman–Crippen MR) is 69.7 cm³/mol. The first-order valence-corrected chi connectivity index (χ1v) is 6.49. The van der Waals surface area contributed by atoms with Gasteiger partial charge < -0.3 is 10.1 Å². The van der Waals surface area contributed by atoms with Crippen LogP contribution in [0.15, 0.2) is 18.2 Å². The molecular weight excluding hydrogens is 317 g/mol. The molecule has 1 atom stereocenters. The van der Waals surface area contributed by atoms with Crippen LogP contribution in [0.4, 0.5) is 22.0 Å². The average molecular weight is 332 g/mol. The summed E-state index contributed by atoms with van der Waals surface area (Å²) in [5.74, 6) is -4.73. The summed E-state index contributed by atoms with van der Waals surface area (Å²) >= 11 is 5.63. The van der Waals surface area contributed by atoms with Crippen LogP contribution >= 0.6 is 11.6 Å². The molecule has 120 valence electrons. The van der Waals surface area contributed by atoms with Gasteiger partial charge in [0.05, 0.1) is 11.6 Å². The van der Waals surface area contributed by atoms with Crippen LogP contribution in [0.25, 0.3) is 0 Å². The molecule has 0 aromatic heterocycles. The summed E-state index contributed by atoms with van der Waals surface area (Å²) in [7, 11) is 1.57. The van der Waals surface area contributed by atoms with Gasteiger partial charge in [-0.05, 0) is 31.2 Å². The summed E-state index contributed by atoms with van der Waals surface area (Å²) in [6, 6.07) is 3.71. The molecule has 0 saturated carbocycles. The first-order valence-electron chi connectivity index (χ1n) is 6.11. The van der Waals surface area contributed by atoms with Crippen LogP contribution in [0.2, 0.25) is 5.02 Å². The van der Waals surface area contributed by atoms with Crippen molar-refractivity contribution in [1.29, 1.82) is 0 Å². The molecule has 8 heteroatoms. The van der Waals surface area contributed by atoms with E-state index in [0.717, 1.165) is 0 Å². The van der Waals surface area contributed by atoms with Crippen LogP contribution in [0.3, 0.4) is 0 Å². The van der Waals surface area contributed by atoms with Crippen molar-refractivity contribution in [3.63, 3.8) is 0 Å². The van der Waals surface area contributed by atoms with E-state index in [-0.39, 0.29) is 17.7 Å². The topological polar surface area (TPSA) is 21.3 Å². The molecule has 21 heavy (non-hydrogen) atoms. The van der Waals surface area contributed by atoms with E-state index < -0.39 is 24.8 Å². The Balaban J connectivity index is 2.50. The molecule has 0 aliphatic carbocycles. The summed E-state index contributed by atoms with van der Waals surface area (Å²) in [6.07, 6.45) is -3.43. The normalized spacial score (nSPS) is 13.7. The average Bonchev–Trinajstić information content (AvgIpc) is 2.41. The second-order valence-electron chi connectivity index (χ2n) is 4.52. The van der Waals surface area contributed by atoms with Gasteiger partial charge in [-0.2, -0.15) is 8.78 Å². The minimum absolute atomic E-state index is 0.0486. The van der Waals surface area contributed by atoms with Crippen LogP contribution < -0.4 is 5.32 Å². The Bertz CT molecular complexity index is 458. The highest BCUT2D eigenvalue weighted by Gasteiger charge is 2.41. The number of benzene rings is 1. The third-order valence-electron chi connectivity index (χ3n) is 2.81. The molecule has 1 aromatic rings. The fourth-order valence-corrected chi connectivity index (χ4v) is 1.80. The van der Waals surface area contributed by atoms with Crippen molar-refractivity contribution in [1.82, 2.24) is 5.32 Å². The standard InChI is InChI=1S/C13H15ClF5NO/c1-20-9(6-21-7-13(18,19)12(16)17)4-8-2-3-11(15)10(14)5-8/h2-3,5,9,12,20H,4,6-7H2,1H3. The molecule has 0 radical (unpaired) electrons. The van der Waals surface area contributed by atoms with Gasteiger partial charge in [0.1, 0.15) is 12.4 Å². The lowest BCUT2D eigenvalue weighted by molar-refractivity contribution is -0.166. The molecule has 0 amide bonds. The Kier molecular flexibility index (Phi) is 6.83. The minimum atomic E-state index is -4.17. The lowest BCUT2D eigenvalue weighted by Crippen LogP contribution is -2.37. The molecule has 0 aliphatic heterocycles. The zero-order valence-electron chi connectivity index (χ0n) is 11.2. The molecule has 0 heterocycles. The number of hydrogen-bond acceptors (Lipinski definition) is 2. The molecule has 0 fully saturated rings. The molecule has 2 nitrogen and oxygen atoms in total. The Morgan fingerprint density at radius 2 is 2.00 bits per heavy atom. The van der Waals surface area contributed by atoms with Gasteiger partial charge in [0.15, 0.2) is 0 Å². The van der Waals surface area contributed by atoms with Crippen LogP contribution in [0.1, 0.15) is 5.56 Å². The molecule has 0 aliphatic rings. The summed E-state index contributed by atoms with van der Waals surface area (Å²) in [4.78, 5) is 0. The number of hydrogen-bond donors (Lipinski definition) is 1. The third-order valence-corrected chi connectivity index (χ3v) is 3.10. The molecule has 0 spiro atoms. The maximum Gasteiger partial charge on any atom is 0.330 e. The monoisotopic (exact) mass is 331 g/mol. The Hall–Kier alpha value is -0.920. The van der Waals surface area contributed by atoms with Gasteiger partial charge in [0.25, 0.3) is 0 Å². The van der Waals surface area contributed by atoms with E-state index in [1.807, 2.05) is 0 Å². The summed E-state index contributed by atoms with van der Waals surface area (Å²) in [5, 5.41) is 2.76. The minimum Gasteiger partial charge on any atom is -0.373 e. The van der Waals surface area contributed by atoms with Gasteiger partial charge in [-0.1, -0.05) is 17.7 Å². The lowest BCUT2D eigenvalue weighted by Gasteiger charge is -2.20. The first-order chi connectivity index (χ1) is 9.76. The van der Waals surface area contributed by atoms with E-state index in [2.05, 4.69) is 10.1 Å². The lowest BCUT2D eigenvalue weighted by atomic mass is 10.1. The molecule has 1 N–H and O–H groups in total. The van der Waals surface area contributed by atoms with E-state index >= 15 is 0 Å². The van der Waals surface area contributed by atoms with E-state index in [4.69, 9.17) is 11.6 Å². The number of ether oxygens (including phenoxy) is 1. The van der Waals surface area contributed by atoms with Crippen molar-refractivity contribution in [2.45, 2.75) is 24.8 Å². The highest BCUT2D eigenvalue weighted by atomic mass is 35.5. The van der Waals surface area contributed by atoms with Crippen LogP contribution in [-0.2, 0) is 11.2 Å². The fraction of sp³-hybridized carbons (Fsp3) is 0.538. The van der Waals surface area contributed by atoms with Crippen molar-refractivity contribution >= 4 is 11.6 Å². The maximum atomic E-state index is 13.0. The van der Waals surface area contributed by atoms with Crippen molar-refractivity contribution in [3.8, 4) is 0 Å². The van der Waals surface area contributed by atoms with E-state index in [9.17, 15) is 22.0 Å². The smallest absolute Gasteiger partial charge is 0.330 e. The molecule has 1 rings (SSSR count). The highest BCUT2D eigenvalue weighted by molar-refractivity contribution is 6.30. The Morgan fingerprint density at radius 3 is 2.52 bits per heavy atom. The zero-order valence-corrected chi connectivity index (χ0v) is 11.9. The molecular formula is C13H15ClF5NO. The van der Waals surface area contributed by atoms with Gasteiger partial charge in [-0.25, -0.2) is 13.2 Å². The number of likely N-dealkylation sites (N-methyl/N-ethyl adjacent to an activating group) is 1. The fourth-order valence-electron chi connectivity index (χ4n) is 1.60. The van der Waals surface area contributed by atoms with E-state index in [0.29, 0.717) is 12.0 Å². The second-order valence-corrected chi connectivity index (χ2v) is 4.92. The van der Waals surface area contributed by atoms with Gasteiger partial charge in [0.2, 0.25) is 0 Å². The third kappa shape index (κ3) is 5.76. The summed E-state index contributed by atoms with van der Waals surface area (Å²) < 4.78 is 66.9.